The molecule has 4 aromatic rings. The molecule has 5 rings (SSSR count). The molecule has 0 spiro atoms. The summed E-state index contributed by atoms with van der Waals surface area (Å²) in [5.74, 6) is -0.0821. The van der Waals surface area contributed by atoms with Crippen LogP contribution in [-0.2, 0) is 0 Å². The van der Waals surface area contributed by atoms with Crippen LogP contribution in [0.4, 0.5) is 0 Å². The molecule has 0 aliphatic carbocycles. The van der Waals surface area contributed by atoms with Crippen molar-refractivity contribution in [2.75, 3.05) is 19.6 Å². The first-order valence-electron chi connectivity index (χ1n) is 11.7. The van der Waals surface area contributed by atoms with Gasteiger partial charge in [0.1, 0.15) is 0 Å². The lowest BCUT2D eigenvalue weighted by Gasteiger charge is -2.40. The van der Waals surface area contributed by atoms with Gasteiger partial charge in [-0.25, -0.2) is 9.67 Å². The van der Waals surface area contributed by atoms with Crippen molar-refractivity contribution >= 4 is 34.8 Å². The Bertz CT molecular complexity index is 1410. The zero-order valence-corrected chi connectivity index (χ0v) is 21.9. The number of rotatable bonds is 4. The van der Waals surface area contributed by atoms with E-state index < -0.39 is 0 Å². The summed E-state index contributed by atoms with van der Waals surface area (Å²) in [6, 6.07) is 15.0. The maximum absolute atomic E-state index is 13.4. The van der Waals surface area contributed by atoms with Crippen LogP contribution in [0, 0.1) is 13.8 Å². The van der Waals surface area contributed by atoms with Crippen molar-refractivity contribution < 1.29 is 9.59 Å². The number of nitrogens with zero attached hydrogens (tertiary/aromatic N) is 5. The Labute approximate surface area is 218 Å². The molecule has 36 heavy (non-hydrogen) atoms. The number of halogens is 1. The van der Waals surface area contributed by atoms with Gasteiger partial charge in [-0.05, 0) is 45.0 Å². The molecule has 2 aromatic carbocycles. The summed E-state index contributed by atoms with van der Waals surface area (Å²) in [6.45, 7) is 7.30. The van der Waals surface area contributed by atoms with Crippen molar-refractivity contribution in [3.8, 4) is 16.4 Å². The molecule has 1 unspecified atom stereocenters. The lowest BCUT2D eigenvalue weighted by Crippen LogP contribution is -2.55. The lowest BCUT2D eigenvalue weighted by atomic mass is 10.1. The molecule has 9 heteroatoms. The van der Waals surface area contributed by atoms with Gasteiger partial charge in [0.2, 0.25) is 5.13 Å². The number of carbonyl (C=O) groups excluding carboxylic acids is 2. The largest absolute Gasteiger partial charge is 0.335 e. The van der Waals surface area contributed by atoms with E-state index in [1.54, 1.807) is 15.8 Å². The molecule has 1 atom stereocenters. The monoisotopic (exact) mass is 519 g/mol. The van der Waals surface area contributed by atoms with Gasteiger partial charge in [-0.3, -0.25) is 9.59 Å². The summed E-state index contributed by atoms with van der Waals surface area (Å²) in [7, 11) is 0. The highest BCUT2D eigenvalue weighted by Crippen LogP contribution is 2.27. The van der Waals surface area contributed by atoms with Crippen LogP contribution in [-0.4, -0.2) is 62.1 Å². The Balaban J connectivity index is 1.29. The standard InChI is InChI=1S/C27H26ClN5O2S/c1-17-4-6-21(7-5-17)25(34)32-13-12-31(15-18(32)2)26(35)23-14-29-33(19(23)3)27-30-24(16-36-27)20-8-10-22(28)11-9-20/h4-11,14,16,18H,12-13,15H2,1-3H3. The average molecular weight is 520 g/mol. The van der Waals surface area contributed by atoms with Crippen LogP contribution in [0.15, 0.2) is 60.1 Å². The van der Waals surface area contributed by atoms with E-state index in [0.29, 0.717) is 40.9 Å². The zero-order valence-electron chi connectivity index (χ0n) is 20.3. The van der Waals surface area contributed by atoms with E-state index in [0.717, 1.165) is 22.5 Å². The Hall–Kier alpha value is -3.49. The van der Waals surface area contributed by atoms with Crippen LogP contribution in [0.3, 0.4) is 0 Å². The number of benzene rings is 2. The molecule has 1 saturated heterocycles. The van der Waals surface area contributed by atoms with Crippen molar-refractivity contribution in [2.45, 2.75) is 26.8 Å². The molecule has 0 N–H and O–H groups in total. The molecule has 7 nitrogen and oxygen atoms in total. The molecular formula is C27H26ClN5O2S. The zero-order chi connectivity index (χ0) is 25.4. The van der Waals surface area contributed by atoms with Crippen LogP contribution in [0.25, 0.3) is 16.4 Å². The fourth-order valence-electron chi connectivity index (χ4n) is 4.40. The molecule has 2 amide bonds. The number of piperazine rings is 1. The third kappa shape index (κ3) is 4.66. The third-order valence-electron chi connectivity index (χ3n) is 6.53. The lowest BCUT2D eigenvalue weighted by molar-refractivity contribution is 0.0414. The number of aromatic nitrogens is 3. The Kier molecular flexibility index (Phi) is 6.64. The second-order valence-corrected chi connectivity index (χ2v) is 10.3. The second kappa shape index (κ2) is 9.87. The van der Waals surface area contributed by atoms with Gasteiger partial charge in [-0.15, -0.1) is 11.3 Å². The Morgan fingerprint density at radius 2 is 1.72 bits per heavy atom. The maximum Gasteiger partial charge on any atom is 0.257 e. The van der Waals surface area contributed by atoms with Crippen molar-refractivity contribution in [1.82, 2.24) is 24.6 Å². The molecule has 0 bridgehead atoms. The molecule has 1 aliphatic heterocycles. The van der Waals surface area contributed by atoms with Crippen LogP contribution in [0.1, 0.15) is 38.9 Å². The van der Waals surface area contributed by atoms with E-state index in [-0.39, 0.29) is 17.9 Å². The first-order chi connectivity index (χ1) is 17.3. The molecule has 1 fully saturated rings. The normalized spacial score (nSPS) is 15.8. The summed E-state index contributed by atoms with van der Waals surface area (Å²) >= 11 is 7.46. The van der Waals surface area contributed by atoms with Gasteiger partial charge in [0.25, 0.3) is 11.8 Å². The maximum atomic E-state index is 13.4. The number of aryl methyl sites for hydroxylation is 1. The van der Waals surface area contributed by atoms with E-state index in [4.69, 9.17) is 16.6 Å². The molecule has 1 aliphatic rings. The highest BCUT2D eigenvalue weighted by molar-refractivity contribution is 7.12. The fraction of sp³-hybridized carbons (Fsp3) is 0.259. The van der Waals surface area contributed by atoms with Gasteiger partial charge >= 0.3 is 0 Å². The molecular weight excluding hydrogens is 494 g/mol. The van der Waals surface area contributed by atoms with Gasteiger partial charge < -0.3 is 9.80 Å². The summed E-state index contributed by atoms with van der Waals surface area (Å²) in [5, 5.41) is 7.80. The Morgan fingerprint density at radius 3 is 2.42 bits per heavy atom. The van der Waals surface area contributed by atoms with E-state index >= 15 is 0 Å². The number of amides is 2. The summed E-state index contributed by atoms with van der Waals surface area (Å²) in [6.07, 6.45) is 1.61. The minimum atomic E-state index is -0.0900. The van der Waals surface area contributed by atoms with Crippen LogP contribution >= 0.6 is 22.9 Å². The van der Waals surface area contributed by atoms with Gasteiger partial charge in [0, 0.05) is 47.2 Å². The number of thiazole rings is 1. The molecule has 2 aromatic heterocycles. The van der Waals surface area contributed by atoms with E-state index in [1.165, 1.54) is 11.3 Å². The topological polar surface area (TPSA) is 71.3 Å². The van der Waals surface area contributed by atoms with Crippen molar-refractivity contribution in [3.63, 3.8) is 0 Å². The third-order valence-corrected chi connectivity index (χ3v) is 7.60. The number of hydrogen-bond acceptors (Lipinski definition) is 5. The SMILES string of the molecule is Cc1ccc(C(=O)N2CCN(C(=O)c3cnn(-c4nc(-c5ccc(Cl)cc5)cs4)c3C)CC2C)cc1. The molecule has 184 valence electrons. The van der Waals surface area contributed by atoms with Crippen molar-refractivity contribution in [1.29, 1.82) is 0 Å². The molecule has 0 radical (unpaired) electrons. The highest BCUT2D eigenvalue weighted by atomic mass is 35.5. The van der Waals surface area contributed by atoms with Crippen LogP contribution in [0.2, 0.25) is 5.02 Å². The van der Waals surface area contributed by atoms with Gasteiger partial charge in [-0.2, -0.15) is 5.10 Å². The fourth-order valence-corrected chi connectivity index (χ4v) is 5.37. The van der Waals surface area contributed by atoms with Gasteiger partial charge in [0.05, 0.1) is 23.1 Å². The second-order valence-electron chi connectivity index (χ2n) is 9.04. The average Bonchev–Trinajstić information content (AvgIpc) is 3.51. The predicted octanol–water partition coefficient (Wildman–Crippen LogP) is 5.25. The minimum Gasteiger partial charge on any atom is -0.335 e. The highest BCUT2D eigenvalue weighted by Gasteiger charge is 2.32. The van der Waals surface area contributed by atoms with Crippen LogP contribution < -0.4 is 0 Å². The molecule has 3 heterocycles. The predicted molar refractivity (Wildman–Crippen MR) is 142 cm³/mol. The van der Waals surface area contributed by atoms with E-state index in [9.17, 15) is 9.59 Å². The van der Waals surface area contributed by atoms with Crippen molar-refractivity contribution in [3.05, 3.63) is 87.5 Å². The first kappa shape index (κ1) is 24.2. The minimum absolute atomic E-state index is 0.00106. The first-order valence-corrected chi connectivity index (χ1v) is 13.0. The summed E-state index contributed by atoms with van der Waals surface area (Å²) in [4.78, 5) is 34.8. The summed E-state index contributed by atoms with van der Waals surface area (Å²) < 4.78 is 1.71. The Morgan fingerprint density at radius 1 is 1.00 bits per heavy atom. The smallest absolute Gasteiger partial charge is 0.257 e. The summed E-state index contributed by atoms with van der Waals surface area (Å²) in [5.41, 5.74) is 4.87. The van der Waals surface area contributed by atoms with Crippen LogP contribution in [0.5, 0.6) is 0 Å². The molecule has 0 saturated carbocycles. The van der Waals surface area contributed by atoms with E-state index in [1.807, 2.05) is 79.6 Å². The van der Waals surface area contributed by atoms with Crippen molar-refractivity contribution in [2.24, 2.45) is 0 Å². The quantitative estimate of drug-likeness (QED) is 0.369. The number of carbonyl (C=O) groups is 2. The van der Waals surface area contributed by atoms with Gasteiger partial charge in [0.15, 0.2) is 0 Å². The van der Waals surface area contributed by atoms with E-state index in [2.05, 4.69) is 5.10 Å². The number of hydrogen-bond donors (Lipinski definition) is 0. The van der Waals surface area contributed by atoms with Gasteiger partial charge in [-0.1, -0.05) is 41.4 Å².